The molecule has 1 aromatic heterocycles. The van der Waals surface area contributed by atoms with E-state index >= 15 is 0 Å². The molecule has 2 heterocycles. The summed E-state index contributed by atoms with van der Waals surface area (Å²) in [7, 11) is 0. The molecule has 0 bridgehead atoms. The number of carbonyl (C=O) groups excluding carboxylic acids is 2. The number of carbonyl (C=O) groups is 2. The standard InChI is InChI=1S/C22H28N4O2S/c1-29-22-23-16-19(26(22)18-9-3-2-4-10-18)21(28)25-13-11-24(12-14-25)20(27)15-17-7-5-6-8-17/h2-4,9-10,16-17H,5-8,11-15H2,1H3. The van der Waals surface area contributed by atoms with Crippen molar-refractivity contribution in [1.82, 2.24) is 19.4 Å². The smallest absolute Gasteiger partial charge is 0.272 e. The first-order valence-electron chi connectivity index (χ1n) is 10.4. The summed E-state index contributed by atoms with van der Waals surface area (Å²) in [5.41, 5.74) is 1.51. The second kappa shape index (κ2) is 9.03. The van der Waals surface area contributed by atoms with E-state index in [0.717, 1.165) is 10.8 Å². The van der Waals surface area contributed by atoms with Crippen LogP contribution in [0.15, 0.2) is 41.7 Å². The molecule has 6 nitrogen and oxygen atoms in total. The van der Waals surface area contributed by atoms with E-state index in [1.807, 2.05) is 51.0 Å². The minimum Gasteiger partial charge on any atom is -0.339 e. The summed E-state index contributed by atoms with van der Waals surface area (Å²) in [5.74, 6) is 0.792. The van der Waals surface area contributed by atoms with Crippen molar-refractivity contribution in [2.24, 2.45) is 5.92 Å². The number of aromatic nitrogens is 2. The molecule has 0 radical (unpaired) electrons. The van der Waals surface area contributed by atoms with Crippen LogP contribution in [0, 0.1) is 5.92 Å². The van der Waals surface area contributed by atoms with Crippen LogP contribution >= 0.6 is 11.8 Å². The van der Waals surface area contributed by atoms with Crippen LogP contribution in [0.2, 0.25) is 0 Å². The average molecular weight is 413 g/mol. The van der Waals surface area contributed by atoms with Gasteiger partial charge in [0.2, 0.25) is 5.91 Å². The molecule has 1 saturated heterocycles. The fraction of sp³-hybridized carbons (Fsp3) is 0.500. The van der Waals surface area contributed by atoms with E-state index in [1.54, 1.807) is 6.20 Å². The maximum absolute atomic E-state index is 13.2. The lowest BCUT2D eigenvalue weighted by Gasteiger charge is -2.35. The molecule has 2 amide bonds. The summed E-state index contributed by atoms with van der Waals surface area (Å²) in [4.78, 5) is 34.0. The molecule has 0 atom stereocenters. The lowest BCUT2D eigenvalue weighted by atomic mass is 10.0. The molecule has 0 N–H and O–H groups in total. The van der Waals surface area contributed by atoms with Crippen LogP contribution in [-0.2, 0) is 4.79 Å². The summed E-state index contributed by atoms with van der Waals surface area (Å²) >= 11 is 1.52. The van der Waals surface area contributed by atoms with Crippen LogP contribution in [0.3, 0.4) is 0 Å². The fourth-order valence-corrected chi connectivity index (χ4v) is 4.91. The third-order valence-electron chi connectivity index (χ3n) is 6.00. The molecule has 4 rings (SSSR count). The summed E-state index contributed by atoms with van der Waals surface area (Å²) in [6.45, 7) is 2.38. The Labute approximate surface area is 176 Å². The van der Waals surface area contributed by atoms with E-state index in [9.17, 15) is 9.59 Å². The van der Waals surface area contributed by atoms with Crippen LogP contribution in [0.25, 0.3) is 5.69 Å². The fourth-order valence-electron chi connectivity index (χ4n) is 4.37. The van der Waals surface area contributed by atoms with Gasteiger partial charge < -0.3 is 9.80 Å². The number of hydrogen-bond donors (Lipinski definition) is 0. The highest BCUT2D eigenvalue weighted by molar-refractivity contribution is 7.98. The van der Waals surface area contributed by atoms with Crippen molar-refractivity contribution in [3.63, 3.8) is 0 Å². The topological polar surface area (TPSA) is 58.4 Å². The molecule has 1 aliphatic carbocycles. The first-order valence-corrected chi connectivity index (χ1v) is 11.6. The number of imidazole rings is 1. The zero-order valence-electron chi connectivity index (χ0n) is 16.9. The molecule has 7 heteroatoms. The summed E-state index contributed by atoms with van der Waals surface area (Å²) in [6, 6.07) is 9.85. The molecular formula is C22H28N4O2S. The van der Waals surface area contributed by atoms with Gasteiger partial charge in [-0.15, -0.1) is 0 Å². The van der Waals surface area contributed by atoms with E-state index in [1.165, 1.54) is 37.4 Å². The second-order valence-electron chi connectivity index (χ2n) is 7.83. The van der Waals surface area contributed by atoms with Crippen LogP contribution in [0.4, 0.5) is 0 Å². The van der Waals surface area contributed by atoms with Gasteiger partial charge in [-0.2, -0.15) is 0 Å². The molecule has 1 saturated carbocycles. The van der Waals surface area contributed by atoms with Gasteiger partial charge in [-0.05, 0) is 37.1 Å². The number of benzene rings is 1. The SMILES string of the molecule is CSc1ncc(C(=O)N2CCN(C(=O)CC3CCCC3)CC2)n1-c1ccccc1. The molecule has 29 heavy (non-hydrogen) atoms. The summed E-state index contributed by atoms with van der Waals surface area (Å²) in [5, 5.41) is 0.796. The Balaban J connectivity index is 1.42. The summed E-state index contributed by atoms with van der Waals surface area (Å²) < 4.78 is 1.92. The van der Waals surface area contributed by atoms with Crippen molar-refractivity contribution >= 4 is 23.6 Å². The van der Waals surface area contributed by atoms with Gasteiger partial charge in [0.1, 0.15) is 5.69 Å². The van der Waals surface area contributed by atoms with Gasteiger partial charge >= 0.3 is 0 Å². The molecule has 1 aromatic carbocycles. The molecule has 2 aliphatic rings. The number of amides is 2. The second-order valence-corrected chi connectivity index (χ2v) is 8.60. The van der Waals surface area contributed by atoms with Crippen LogP contribution < -0.4 is 0 Å². The van der Waals surface area contributed by atoms with Gasteiger partial charge in [0.25, 0.3) is 5.91 Å². The van der Waals surface area contributed by atoms with Gasteiger partial charge in [0.15, 0.2) is 5.16 Å². The number of thioether (sulfide) groups is 1. The Morgan fingerprint density at radius 2 is 1.69 bits per heavy atom. The van der Waals surface area contributed by atoms with Gasteiger partial charge in [-0.1, -0.05) is 42.8 Å². The number of rotatable bonds is 5. The third-order valence-corrected chi connectivity index (χ3v) is 6.66. The predicted octanol–water partition coefficient (Wildman–Crippen LogP) is 3.46. The first kappa shape index (κ1) is 20.0. The maximum atomic E-state index is 13.2. The Morgan fingerprint density at radius 3 is 2.34 bits per heavy atom. The highest BCUT2D eigenvalue weighted by Gasteiger charge is 2.29. The Morgan fingerprint density at radius 1 is 1.03 bits per heavy atom. The zero-order valence-corrected chi connectivity index (χ0v) is 17.7. The molecule has 2 fully saturated rings. The normalized spacial score (nSPS) is 17.7. The minimum absolute atomic E-state index is 0.0236. The van der Waals surface area contributed by atoms with Gasteiger partial charge in [0, 0.05) is 38.3 Å². The molecular weight excluding hydrogens is 384 g/mol. The largest absolute Gasteiger partial charge is 0.339 e. The van der Waals surface area contributed by atoms with Crippen molar-refractivity contribution < 1.29 is 9.59 Å². The molecule has 0 unspecified atom stereocenters. The Hall–Kier alpha value is -2.28. The Bertz CT molecular complexity index is 853. The zero-order chi connectivity index (χ0) is 20.2. The van der Waals surface area contributed by atoms with E-state index in [-0.39, 0.29) is 11.8 Å². The van der Waals surface area contributed by atoms with Crippen molar-refractivity contribution in [3.05, 3.63) is 42.2 Å². The van der Waals surface area contributed by atoms with Crippen molar-refractivity contribution in [2.75, 3.05) is 32.4 Å². The molecule has 0 spiro atoms. The highest BCUT2D eigenvalue weighted by Crippen LogP contribution is 2.28. The molecule has 1 aliphatic heterocycles. The van der Waals surface area contributed by atoms with Crippen LogP contribution in [-0.4, -0.2) is 63.6 Å². The minimum atomic E-state index is -0.0236. The number of hydrogen-bond acceptors (Lipinski definition) is 4. The quantitative estimate of drug-likeness (QED) is 0.706. The maximum Gasteiger partial charge on any atom is 0.272 e. The molecule has 2 aromatic rings. The third kappa shape index (κ3) is 4.34. The highest BCUT2D eigenvalue weighted by atomic mass is 32.2. The molecule has 154 valence electrons. The lowest BCUT2D eigenvalue weighted by Crippen LogP contribution is -2.51. The van der Waals surface area contributed by atoms with Crippen molar-refractivity contribution in [1.29, 1.82) is 0 Å². The summed E-state index contributed by atoms with van der Waals surface area (Å²) in [6.07, 6.45) is 9.19. The van der Waals surface area contributed by atoms with E-state index in [4.69, 9.17) is 0 Å². The van der Waals surface area contributed by atoms with Crippen LogP contribution in [0.5, 0.6) is 0 Å². The van der Waals surface area contributed by atoms with Crippen molar-refractivity contribution in [2.45, 2.75) is 37.3 Å². The predicted molar refractivity (Wildman–Crippen MR) is 114 cm³/mol. The van der Waals surface area contributed by atoms with Crippen molar-refractivity contribution in [3.8, 4) is 5.69 Å². The number of piperazine rings is 1. The van der Waals surface area contributed by atoms with E-state index in [0.29, 0.717) is 44.2 Å². The van der Waals surface area contributed by atoms with E-state index < -0.39 is 0 Å². The van der Waals surface area contributed by atoms with Crippen LogP contribution in [0.1, 0.15) is 42.6 Å². The lowest BCUT2D eigenvalue weighted by molar-refractivity contribution is -0.133. The monoisotopic (exact) mass is 412 g/mol. The number of nitrogens with zero attached hydrogens (tertiary/aromatic N) is 4. The van der Waals surface area contributed by atoms with Gasteiger partial charge in [-0.25, -0.2) is 4.98 Å². The Kier molecular flexibility index (Phi) is 6.23. The van der Waals surface area contributed by atoms with E-state index in [2.05, 4.69) is 4.98 Å². The number of para-hydroxylation sites is 1. The first-order chi connectivity index (χ1) is 14.2. The van der Waals surface area contributed by atoms with Gasteiger partial charge in [0.05, 0.1) is 6.20 Å². The average Bonchev–Trinajstić information content (AvgIpc) is 3.43. The van der Waals surface area contributed by atoms with Gasteiger partial charge in [-0.3, -0.25) is 14.2 Å².